The number of pyridine rings is 2. The lowest BCUT2D eigenvalue weighted by Crippen LogP contribution is -2.52. The van der Waals surface area contributed by atoms with Gasteiger partial charge < -0.3 is 19.7 Å². The van der Waals surface area contributed by atoms with Gasteiger partial charge in [-0.3, -0.25) is 4.79 Å². The normalized spacial score (nSPS) is 18.6. The number of carbonyl (C=O) groups is 1. The first-order chi connectivity index (χ1) is 15.3. The van der Waals surface area contributed by atoms with E-state index in [1.54, 1.807) is 0 Å². The van der Waals surface area contributed by atoms with E-state index in [1.807, 2.05) is 36.7 Å². The van der Waals surface area contributed by atoms with Crippen molar-refractivity contribution in [1.82, 2.24) is 24.8 Å². The van der Waals surface area contributed by atoms with Crippen LogP contribution in [0.5, 0.6) is 0 Å². The van der Waals surface area contributed by atoms with E-state index in [0.29, 0.717) is 5.91 Å². The number of H-pyrrole nitrogens is 1. The maximum Gasteiger partial charge on any atom is 0.225 e. The van der Waals surface area contributed by atoms with Gasteiger partial charge in [-0.15, -0.1) is 0 Å². The highest BCUT2D eigenvalue weighted by Crippen LogP contribution is 2.23. The zero-order valence-corrected chi connectivity index (χ0v) is 17.9. The van der Waals surface area contributed by atoms with Crippen LogP contribution in [0.4, 0.5) is 5.82 Å². The van der Waals surface area contributed by atoms with E-state index in [4.69, 9.17) is 0 Å². The van der Waals surface area contributed by atoms with Crippen molar-refractivity contribution in [1.29, 1.82) is 0 Å². The van der Waals surface area contributed by atoms with Crippen LogP contribution in [-0.4, -0.2) is 76.5 Å². The highest BCUT2D eigenvalue weighted by Gasteiger charge is 2.30. The van der Waals surface area contributed by atoms with Crippen LogP contribution >= 0.6 is 0 Å². The Morgan fingerprint density at radius 2 is 1.77 bits per heavy atom. The van der Waals surface area contributed by atoms with E-state index in [9.17, 15) is 4.79 Å². The van der Waals surface area contributed by atoms with Crippen molar-refractivity contribution in [2.75, 3.05) is 50.7 Å². The Morgan fingerprint density at radius 1 is 0.968 bits per heavy atom. The molecule has 5 heterocycles. The zero-order valence-electron chi connectivity index (χ0n) is 17.9. The van der Waals surface area contributed by atoms with Gasteiger partial charge in [0.05, 0.1) is 0 Å². The van der Waals surface area contributed by atoms with Crippen LogP contribution in [0.2, 0.25) is 0 Å². The van der Waals surface area contributed by atoms with Crippen molar-refractivity contribution in [3.05, 3.63) is 54.5 Å². The number of aromatic nitrogens is 3. The largest absolute Gasteiger partial charge is 0.353 e. The molecule has 31 heavy (non-hydrogen) atoms. The molecule has 3 aromatic rings. The smallest absolute Gasteiger partial charge is 0.225 e. The Labute approximate surface area is 183 Å². The lowest BCUT2D eigenvalue weighted by Gasteiger charge is -2.39. The van der Waals surface area contributed by atoms with E-state index in [1.165, 1.54) is 10.9 Å². The Morgan fingerprint density at radius 3 is 2.55 bits per heavy atom. The fourth-order valence-electron chi connectivity index (χ4n) is 4.86. The van der Waals surface area contributed by atoms with Crippen LogP contribution in [0.15, 0.2) is 48.9 Å². The molecular formula is C24H30N6O. The third-order valence-electron chi connectivity index (χ3n) is 6.74. The lowest BCUT2D eigenvalue weighted by atomic mass is 9.94. The molecule has 2 aliphatic heterocycles. The number of hydrogen-bond acceptors (Lipinski definition) is 5. The second-order valence-corrected chi connectivity index (χ2v) is 8.58. The Kier molecular flexibility index (Phi) is 5.84. The summed E-state index contributed by atoms with van der Waals surface area (Å²) in [6.07, 6.45) is 8.68. The van der Waals surface area contributed by atoms with Crippen LogP contribution in [0.3, 0.4) is 0 Å². The first kappa shape index (κ1) is 20.0. The standard InChI is InChI=1S/C24H30N6O/c31-24(30-16-14-29(15-17-30)22-5-1-2-9-25-22)19-6-11-28(12-7-19)13-8-20-18-27-23-21(20)4-3-10-26-23/h1-5,9-10,18-19H,6-8,11-17H2,(H,26,27). The van der Waals surface area contributed by atoms with Crippen molar-refractivity contribution in [3.8, 4) is 0 Å². The SMILES string of the molecule is O=C(C1CCN(CCc2c[nH]c3ncccc23)CC1)N1CCN(c2ccccn2)CC1. The first-order valence-corrected chi connectivity index (χ1v) is 11.4. The van der Waals surface area contributed by atoms with Gasteiger partial charge in [0.15, 0.2) is 0 Å². The summed E-state index contributed by atoms with van der Waals surface area (Å²) >= 11 is 0. The number of hydrogen-bond donors (Lipinski definition) is 1. The first-order valence-electron chi connectivity index (χ1n) is 11.4. The van der Waals surface area contributed by atoms with Gasteiger partial charge in [0.25, 0.3) is 0 Å². The molecule has 0 aromatic carbocycles. The lowest BCUT2D eigenvalue weighted by molar-refractivity contribution is -0.137. The molecule has 162 valence electrons. The van der Waals surface area contributed by atoms with E-state index >= 15 is 0 Å². The van der Waals surface area contributed by atoms with Gasteiger partial charge in [-0.2, -0.15) is 0 Å². The number of rotatable bonds is 5. The van der Waals surface area contributed by atoms with Crippen molar-refractivity contribution in [2.24, 2.45) is 5.92 Å². The minimum atomic E-state index is 0.176. The topological polar surface area (TPSA) is 68.4 Å². The summed E-state index contributed by atoms with van der Waals surface area (Å²) < 4.78 is 0. The van der Waals surface area contributed by atoms with Crippen molar-refractivity contribution in [3.63, 3.8) is 0 Å². The minimum Gasteiger partial charge on any atom is -0.353 e. The number of nitrogens with one attached hydrogen (secondary N) is 1. The summed E-state index contributed by atoms with van der Waals surface area (Å²) in [4.78, 5) is 32.0. The number of anilines is 1. The number of aromatic amines is 1. The maximum absolute atomic E-state index is 13.1. The molecule has 0 unspecified atom stereocenters. The summed E-state index contributed by atoms with van der Waals surface area (Å²) in [6, 6.07) is 10.1. The van der Waals surface area contributed by atoms with E-state index in [0.717, 1.165) is 76.5 Å². The number of nitrogens with zero attached hydrogens (tertiary/aromatic N) is 5. The van der Waals surface area contributed by atoms with E-state index in [2.05, 4.69) is 41.9 Å². The molecule has 3 aromatic heterocycles. The Bertz CT molecular complexity index is 1000. The van der Waals surface area contributed by atoms with Crippen molar-refractivity contribution in [2.45, 2.75) is 19.3 Å². The molecule has 0 saturated carbocycles. The van der Waals surface area contributed by atoms with Crippen LogP contribution in [-0.2, 0) is 11.2 Å². The average molecular weight is 419 g/mol. The fraction of sp³-hybridized carbons (Fsp3) is 0.458. The molecule has 2 fully saturated rings. The summed E-state index contributed by atoms with van der Waals surface area (Å²) in [5.74, 6) is 1.53. The molecule has 0 bridgehead atoms. The fourth-order valence-corrected chi connectivity index (χ4v) is 4.86. The summed E-state index contributed by atoms with van der Waals surface area (Å²) in [6.45, 7) is 6.36. The van der Waals surface area contributed by atoms with Crippen molar-refractivity contribution >= 4 is 22.8 Å². The monoisotopic (exact) mass is 418 g/mol. The molecule has 7 nitrogen and oxygen atoms in total. The van der Waals surface area contributed by atoms with Crippen LogP contribution in [0, 0.1) is 5.92 Å². The van der Waals surface area contributed by atoms with Gasteiger partial charge in [-0.05, 0) is 62.2 Å². The minimum absolute atomic E-state index is 0.176. The van der Waals surface area contributed by atoms with Gasteiger partial charge in [0, 0.05) is 62.6 Å². The number of amides is 1. The molecule has 0 radical (unpaired) electrons. The molecule has 0 atom stereocenters. The Balaban J connectivity index is 1.08. The molecule has 0 aliphatic carbocycles. The highest BCUT2D eigenvalue weighted by atomic mass is 16.2. The third-order valence-corrected chi connectivity index (χ3v) is 6.74. The van der Waals surface area contributed by atoms with Crippen molar-refractivity contribution < 1.29 is 4.79 Å². The molecule has 1 amide bonds. The molecule has 0 spiro atoms. The number of piperazine rings is 1. The summed E-state index contributed by atoms with van der Waals surface area (Å²) in [7, 11) is 0. The van der Waals surface area contributed by atoms with Gasteiger partial charge >= 0.3 is 0 Å². The van der Waals surface area contributed by atoms with Gasteiger partial charge in [-0.1, -0.05) is 6.07 Å². The zero-order chi connectivity index (χ0) is 21.0. The summed E-state index contributed by atoms with van der Waals surface area (Å²) in [5, 5.41) is 1.22. The maximum atomic E-state index is 13.1. The molecule has 5 rings (SSSR count). The van der Waals surface area contributed by atoms with Crippen LogP contribution in [0.25, 0.3) is 11.0 Å². The molecule has 1 N–H and O–H groups in total. The number of piperidine rings is 1. The van der Waals surface area contributed by atoms with E-state index < -0.39 is 0 Å². The van der Waals surface area contributed by atoms with Crippen LogP contribution < -0.4 is 4.90 Å². The molecule has 2 saturated heterocycles. The Hall–Kier alpha value is -2.93. The number of fused-ring (bicyclic) bond motifs is 1. The predicted octanol–water partition coefficient (Wildman–Crippen LogP) is 2.56. The number of likely N-dealkylation sites (tertiary alicyclic amines) is 1. The third kappa shape index (κ3) is 4.42. The van der Waals surface area contributed by atoms with Crippen LogP contribution in [0.1, 0.15) is 18.4 Å². The molecule has 2 aliphatic rings. The summed E-state index contributed by atoms with van der Waals surface area (Å²) in [5.41, 5.74) is 2.29. The second-order valence-electron chi connectivity index (χ2n) is 8.58. The average Bonchev–Trinajstić information content (AvgIpc) is 3.26. The van der Waals surface area contributed by atoms with Gasteiger partial charge in [0.1, 0.15) is 11.5 Å². The highest BCUT2D eigenvalue weighted by molar-refractivity contribution is 5.80. The molecule has 7 heteroatoms. The van der Waals surface area contributed by atoms with Gasteiger partial charge in [-0.25, -0.2) is 9.97 Å². The second kappa shape index (κ2) is 9.06. The predicted molar refractivity (Wildman–Crippen MR) is 122 cm³/mol. The van der Waals surface area contributed by atoms with E-state index in [-0.39, 0.29) is 5.92 Å². The molecular weight excluding hydrogens is 388 g/mol. The number of carbonyl (C=O) groups excluding carboxylic acids is 1. The van der Waals surface area contributed by atoms with Gasteiger partial charge in [0.2, 0.25) is 5.91 Å². The quantitative estimate of drug-likeness (QED) is 0.690.